The third kappa shape index (κ3) is 1.96. The van der Waals surface area contributed by atoms with Crippen molar-refractivity contribution in [1.82, 2.24) is 4.31 Å². The van der Waals surface area contributed by atoms with Crippen molar-refractivity contribution in [2.24, 2.45) is 5.92 Å². The van der Waals surface area contributed by atoms with Crippen LogP contribution in [0, 0.1) is 17.2 Å². The molecule has 1 aliphatic heterocycles. The fraction of sp³-hybridized carbons (Fsp3) is 0.857. The van der Waals surface area contributed by atoms with Crippen LogP contribution in [-0.4, -0.2) is 31.6 Å². The maximum atomic E-state index is 11.2. The molecule has 1 atom stereocenters. The molecule has 0 aliphatic carbocycles. The standard InChI is InChI=1S/C7H12N2O2S/c1-7(5-8)6-9-3-2-4-12(9,10)11/h7H,2-4,6H2,1H3. The molecule has 0 aromatic carbocycles. The predicted molar refractivity (Wildman–Crippen MR) is 44.8 cm³/mol. The number of sulfonamides is 1. The first kappa shape index (κ1) is 9.49. The molecule has 1 unspecified atom stereocenters. The third-order valence-electron chi connectivity index (χ3n) is 1.90. The minimum Gasteiger partial charge on any atom is -0.212 e. The molecule has 0 spiro atoms. The molecule has 12 heavy (non-hydrogen) atoms. The molecule has 0 aromatic rings. The van der Waals surface area contributed by atoms with Crippen LogP contribution in [0.15, 0.2) is 0 Å². The van der Waals surface area contributed by atoms with Gasteiger partial charge in [0.05, 0.1) is 17.7 Å². The third-order valence-corrected chi connectivity index (χ3v) is 3.82. The summed E-state index contributed by atoms with van der Waals surface area (Å²) in [5.74, 6) is 0.0309. The molecule has 1 rings (SSSR count). The average molecular weight is 188 g/mol. The van der Waals surface area contributed by atoms with Crippen LogP contribution in [0.5, 0.6) is 0 Å². The fourth-order valence-corrected chi connectivity index (χ4v) is 2.85. The molecule has 5 heteroatoms. The number of hydrogen-bond donors (Lipinski definition) is 0. The van der Waals surface area contributed by atoms with E-state index in [-0.39, 0.29) is 11.7 Å². The van der Waals surface area contributed by atoms with Crippen molar-refractivity contribution in [1.29, 1.82) is 5.26 Å². The lowest BCUT2D eigenvalue weighted by molar-refractivity contribution is 0.413. The zero-order valence-electron chi connectivity index (χ0n) is 7.02. The summed E-state index contributed by atoms with van der Waals surface area (Å²) in [5, 5.41) is 8.49. The normalized spacial score (nSPS) is 25.0. The summed E-state index contributed by atoms with van der Waals surface area (Å²) in [7, 11) is -3.01. The van der Waals surface area contributed by atoms with Crippen molar-refractivity contribution >= 4 is 10.0 Å². The van der Waals surface area contributed by atoms with Gasteiger partial charge in [0.25, 0.3) is 0 Å². The second-order valence-corrected chi connectivity index (χ2v) is 5.15. The van der Waals surface area contributed by atoms with Gasteiger partial charge in [-0.3, -0.25) is 0 Å². The second kappa shape index (κ2) is 3.42. The Labute approximate surface area is 72.8 Å². The summed E-state index contributed by atoms with van der Waals surface area (Å²) < 4.78 is 23.9. The smallest absolute Gasteiger partial charge is 0.212 e. The highest BCUT2D eigenvalue weighted by molar-refractivity contribution is 7.89. The van der Waals surface area contributed by atoms with Gasteiger partial charge in [0.15, 0.2) is 0 Å². The molecule has 4 nitrogen and oxygen atoms in total. The molecule has 0 bridgehead atoms. The summed E-state index contributed by atoms with van der Waals surface area (Å²) in [6.07, 6.45) is 0.695. The molecule has 1 heterocycles. The Kier molecular flexibility index (Phi) is 2.70. The lowest BCUT2D eigenvalue weighted by Crippen LogP contribution is -2.29. The van der Waals surface area contributed by atoms with Crippen LogP contribution in [-0.2, 0) is 10.0 Å². The Morgan fingerprint density at radius 3 is 2.75 bits per heavy atom. The highest BCUT2D eigenvalue weighted by atomic mass is 32.2. The van der Waals surface area contributed by atoms with Crippen molar-refractivity contribution in [3.05, 3.63) is 0 Å². The van der Waals surface area contributed by atoms with Crippen LogP contribution >= 0.6 is 0 Å². The lowest BCUT2D eigenvalue weighted by Gasteiger charge is -2.14. The molecule has 0 amide bonds. The minimum atomic E-state index is -3.01. The van der Waals surface area contributed by atoms with Crippen molar-refractivity contribution in [3.63, 3.8) is 0 Å². The van der Waals surface area contributed by atoms with E-state index in [9.17, 15) is 8.42 Å². The Morgan fingerprint density at radius 2 is 2.33 bits per heavy atom. The molecule has 0 radical (unpaired) electrons. The monoisotopic (exact) mass is 188 g/mol. The van der Waals surface area contributed by atoms with Crippen molar-refractivity contribution in [3.8, 4) is 6.07 Å². The number of hydrogen-bond acceptors (Lipinski definition) is 3. The predicted octanol–water partition coefficient (Wildman–Crippen LogP) is 0.182. The largest absolute Gasteiger partial charge is 0.214 e. The van der Waals surface area contributed by atoms with Gasteiger partial charge >= 0.3 is 0 Å². The van der Waals surface area contributed by atoms with Gasteiger partial charge in [0.2, 0.25) is 10.0 Å². The van der Waals surface area contributed by atoms with Gasteiger partial charge in [0.1, 0.15) is 0 Å². The van der Waals surface area contributed by atoms with Crippen LogP contribution < -0.4 is 0 Å². The van der Waals surface area contributed by atoms with Gasteiger partial charge in [-0.1, -0.05) is 0 Å². The molecule has 0 saturated carbocycles. The van der Waals surface area contributed by atoms with Crippen molar-refractivity contribution < 1.29 is 8.42 Å². The van der Waals surface area contributed by atoms with Gasteiger partial charge in [-0.05, 0) is 13.3 Å². The maximum Gasteiger partial charge on any atom is 0.214 e. The van der Waals surface area contributed by atoms with Crippen LogP contribution in [0.3, 0.4) is 0 Å². The van der Waals surface area contributed by atoms with E-state index < -0.39 is 10.0 Å². The molecular weight excluding hydrogens is 176 g/mol. The Balaban J connectivity index is 2.60. The van der Waals surface area contributed by atoms with Gasteiger partial charge in [0, 0.05) is 13.1 Å². The maximum absolute atomic E-state index is 11.2. The van der Waals surface area contributed by atoms with E-state index in [1.165, 1.54) is 4.31 Å². The second-order valence-electron chi connectivity index (χ2n) is 3.06. The quantitative estimate of drug-likeness (QED) is 0.621. The Morgan fingerprint density at radius 1 is 1.67 bits per heavy atom. The highest BCUT2D eigenvalue weighted by Crippen LogP contribution is 2.14. The molecule has 1 fully saturated rings. The van der Waals surface area contributed by atoms with Gasteiger partial charge in [-0.15, -0.1) is 0 Å². The molecule has 1 aliphatic rings. The number of nitrogens with zero attached hydrogens (tertiary/aromatic N) is 2. The molecule has 68 valence electrons. The topological polar surface area (TPSA) is 61.2 Å². The zero-order valence-corrected chi connectivity index (χ0v) is 7.84. The minimum absolute atomic E-state index is 0.210. The van der Waals surface area contributed by atoms with E-state index in [0.29, 0.717) is 19.5 Å². The molecular formula is C7H12N2O2S. The van der Waals surface area contributed by atoms with E-state index in [0.717, 1.165) is 0 Å². The Bertz CT molecular complexity index is 291. The molecule has 1 saturated heterocycles. The summed E-state index contributed by atoms with van der Waals surface area (Å²) in [6.45, 7) is 2.65. The van der Waals surface area contributed by atoms with Gasteiger partial charge < -0.3 is 0 Å². The fourth-order valence-electron chi connectivity index (χ4n) is 1.24. The average Bonchev–Trinajstić information content (AvgIpc) is 2.31. The SMILES string of the molecule is CC(C#N)CN1CCCS1(=O)=O. The van der Waals surface area contributed by atoms with E-state index in [2.05, 4.69) is 0 Å². The first-order valence-electron chi connectivity index (χ1n) is 3.93. The summed E-state index contributed by atoms with van der Waals surface area (Å²) in [4.78, 5) is 0. The van der Waals surface area contributed by atoms with Crippen LogP contribution in [0.4, 0.5) is 0 Å². The first-order chi connectivity index (χ1) is 5.56. The Hall–Kier alpha value is -0.600. The van der Waals surface area contributed by atoms with Gasteiger partial charge in [-0.2, -0.15) is 5.26 Å². The first-order valence-corrected chi connectivity index (χ1v) is 5.54. The van der Waals surface area contributed by atoms with Crippen LogP contribution in [0.25, 0.3) is 0 Å². The summed E-state index contributed by atoms with van der Waals surface area (Å²) in [5.41, 5.74) is 0. The van der Waals surface area contributed by atoms with Gasteiger partial charge in [-0.25, -0.2) is 12.7 Å². The molecule has 0 N–H and O–H groups in total. The lowest BCUT2D eigenvalue weighted by atomic mass is 10.2. The highest BCUT2D eigenvalue weighted by Gasteiger charge is 2.28. The van der Waals surface area contributed by atoms with E-state index in [1.54, 1.807) is 6.92 Å². The zero-order chi connectivity index (χ0) is 9.19. The van der Waals surface area contributed by atoms with E-state index in [4.69, 9.17) is 5.26 Å². The van der Waals surface area contributed by atoms with Crippen LogP contribution in [0.2, 0.25) is 0 Å². The summed E-state index contributed by atoms with van der Waals surface area (Å²) in [6, 6.07) is 2.02. The number of rotatable bonds is 2. The molecule has 0 aromatic heterocycles. The van der Waals surface area contributed by atoms with Crippen molar-refractivity contribution in [2.75, 3.05) is 18.8 Å². The van der Waals surface area contributed by atoms with Crippen molar-refractivity contribution in [2.45, 2.75) is 13.3 Å². The number of nitriles is 1. The van der Waals surface area contributed by atoms with E-state index in [1.807, 2.05) is 6.07 Å². The summed E-state index contributed by atoms with van der Waals surface area (Å²) >= 11 is 0. The van der Waals surface area contributed by atoms with E-state index >= 15 is 0 Å². The van der Waals surface area contributed by atoms with Crippen LogP contribution in [0.1, 0.15) is 13.3 Å².